The second kappa shape index (κ2) is 5.92. The lowest BCUT2D eigenvalue weighted by atomic mass is 10.3. The van der Waals surface area contributed by atoms with Gasteiger partial charge in [-0.15, -0.1) is 0 Å². The molecule has 1 amide bonds. The quantitative estimate of drug-likeness (QED) is 0.535. The predicted octanol–water partition coefficient (Wildman–Crippen LogP) is -0.229. The molecule has 0 aliphatic heterocycles. The second-order valence-electron chi connectivity index (χ2n) is 3.26. The van der Waals surface area contributed by atoms with Gasteiger partial charge in [0.1, 0.15) is 11.9 Å². The predicted molar refractivity (Wildman–Crippen MR) is 62.1 cm³/mol. The number of carbonyl (C=O) groups is 1. The number of aliphatic hydroxyl groups is 1. The van der Waals surface area contributed by atoms with Crippen LogP contribution in [0, 0.1) is 0 Å². The van der Waals surface area contributed by atoms with Gasteiger partial charge in [0.15, 0.2) is 0 Å². The number of nitrogens with two attached hydrogens (primary N) is 1. The third-order valence-electron chi connectivity index (χ3n) is 1.95. The minimum Gasteiger partial charge on any atom is -0.382 e. The molecular formula is C10H16N4O2. The van der Waals surface area contributed by atoms with E-state index in [9.17, 15) is 9.90 Å². The number of nitrogens with one attached hydrogen (secondary N) is 2. The highest BCUT2D eigenvalue weighted by Gasteiger charge is 2.09. The van der Waals surface area contributed by atoms with E-state index in [4.69, 9.17) is 5.73 Å². The molecule has 88 valence electrons. The van der Waals surface area contributed by atoms with Crippen molar-refractivity contribution in [2.45, 2.75) is 13.0 Å². The number of carbonyl (C=O) groups excluding carboxylic acids is 1. The van der Waals surface area contributed by atoms with Crippen molar-refractivity contribution in [1.29, 1.82) is 0 Å². The Morgan fingerprint density at radius 3 is 3.00 bits per heavy atom. The molecule has 1 rings (SSSR count). The van der Waals surface area contributed by atoms with Gasteiger partial charge in [0, 0.05) is 31.0 Å². The van der Waals surface area contributed by atoms with Crippen molar-refractivity contribution in [2.75, 3.05) is 23.7 Å². The Labute approximate surface area is 93.9 Å². The first-order valence-corrected chi connectivity index (χ1v) is 5.04. The number of aromatic nitrogens is 1. The lowest BCUT2D eigenvalue weighted by Crippen LogP contribution is -2.34. The maximum Gasteiger partial charge on any atom is 0.248 e. The van der Waals surface area contributed by atoms with Crippen LogP contribution in [0.2, 0.25) is 0 Å². The minimum absolute atomic E-state index is 0.0882. The minimum atomic E-state index is -1.18. The zero-order valence-electron chi connectivity index (χ0n) is 9.10. The summed E-state index contributed by atoms with van der Waals surface area (Å²) in [5, 5.41) is 15.1. The summed E-state index contributed by atoms with van der Waals surface area (Å²) in [5.74, 6) is -0.00507. The van der Waals surface area contributed by atoms with Crippen LogP contribution in [-0.2, 0) is 4.79 Å². The number of rotatable bonds is 6. The Kier molecular flexibility index (Phi) is 4.53. The van der Waals surface area contributed by atoms with E-state index in [1.54, 1.807) is 18.3 Å². The molecule has 0 aliphatic rings. The number of amides is 1. The van der Waals surface area contributed by atoms with Crippen LogP contribution in [0.15, 0.2) is 18.3 Å². The van der Waals surface area contributed by atoms with Gasteiger partial charge < -0.3 is 21.5 Å². The van der Waals surface area contributed by atoms with Crippen molar-refractivity contribution in [3.05, 3.63) is 18.3 Å². The van der Waals surface area contributed by atoms with Gasteiger partial charge in [-0.25, -0.2) is 4.98 Å². The Bertz CT molecular complexity index is 356. The molecule has 0 radical (unpaired) electrons. The summed E-state index contributed by atoms with van der Waals surface area (Å²) in [6.07, 6.45) is 0.451. The molecule has 0 spiro atoms. The molecule has 1 heterocycles. The van der Waals surface area contributed by atoms with Crippen molar-refractivity contribution in [3.63, 3.8) is 0 Å². The van der Waals surface area contributed by atoms with E-state index in [1.807, 2.05) is 6.92 Å². The average Bonchev–Trinajstić information content (AvgIpc) is 2.26. The number of primary amides is 1. The average molecular weight is 224 g/mol. The van der Waals surface area contributed by atoms with Crippen LogP contribution >= 0.6 is 0 Å². The molecule has 6 heteroatoms. The van der Waals surface area contributed by atoms with Gasteiger partial charge in [0.25, 0.3) is 0 Å². The van der Waals surface area contributed by atoms with Crippen molar-refractivity contribution in [3.8, 4) is 0 Å². The molecule has 1 aromatic heterocycles. The fraction of sp³-hybridized carbons (Fsp3) is 0.400. The summed E-state index contributed by atoms with van der Waals surface area (Å²) in [6.45, 7) is 2.84. The van der Waals surface area contributed by atoms with Gasteiger partial charge in [-0.2, -0.15) is 0 Å². The van der Waals surface area contributed by atoms with Crippen LogP contribution in [-0.4, -0.2) is 35.2 Å². The Balaban J connectivity index is 2.53. The first kappa shape index (κ1) is 12.3. The van der Waals surface area contributed by atoms with Gasteiger partial charge in [-0.3, -0.25) is 4.79 Å². The molecule has 0 aliphatic carbocycles. The van der Waals surface area contributed by atoms with E-state index >= 15 is 0 Å². The summed E-state index contributed by atoms with van der Waals surface area (Å²) < 4.78 is 0. The van der Waals surface area contributed by atoms with Crippen LogP contribution in [0.5, 0.6) is 0 Å². The third-order valence-corrected chi connectivity index (χ3v) is 1.95. The molecule has 1 unspecified atom stereocenters. The van der Waals surface area contributed by atoms with Gasteiger partial charge in [0.05, 0.1) is 0 Å². The first-order valence-electron chi connectivity index (χ1n) is 5.04. The number of aliphatic hydroxyl groups excluding tert-OH is 1. The Morgan fingerprint density at radius 2 is 2.38 bits per heavy atom. The largest absolute Gasteiger partial charge is 0.382 e. The Morgan fingerprint density at radius 1 is 1.62 bits per heavy atom. The van der Waals surface area contributed by atoms with E-state index in [1.165, 1.54) is 0 Å². The molecule has 0 saturated heterocycles. The lowest BCUT2D eigenvalue weighted by Gasteiger charge is -2.10. The van der Waals surface area contributed by atoms with E-state index in [0.717, 1.165) is 18.1 Å². The van der Waals surface area contributed by atoms with E-state index < -0.39 is 12.0 Å². The Hall–Kier alpha value is -1.82. The zero-order chi connectivity index (χ0) is 12.0. The smallest absolute Gasteiger partial charge is 0.248 e. The fourth-order valence-electron chi connectivity index (χ4n) is 1.13. The zero-order valence-corrected chi connectivity index (χ0v) is 9.10. The van der Waals surface area contributed by atoms with Crippen LogP contribution in [0.4, 0.5) is 11.5 Å². The normalized spacial score (nSPS) is 11.9. The van der Waals surface area contributed by atoms with Crippen molar-refractivity contribution in [2.24, 2.45) is 5.73 Å². The maximum absolute atomic E-state index is 10.6. The van der Waals surface area contributed by atoms with Crippen LogP contribution < -0.4 is 16.4 Å². The van der Waals surface area contributed by atoms with Crippen LogP contribution in [0.1, 0.15) is 6.92 Å². The lowest BCUT2D eigenvalue weighted by molar-refractivity contribution is -0.125. The van der Waals surface area contributed by atoms with E-state index in [2.05, 4.69) is 15.6 Å². The summed E-state index contributed by atoms with van der Waals surface area (Å²) in [4.78, 5) is 14.7. The second-order valence-corrected chi connectivity index (χ2v) is 3.26. The number of nitrogens with zero attached hydrogens (tertiary/aromatic N) is 1. The SMILES string of the molecule is CCNc1cc(NCC(O)C(N)=O)ccn1. The number of pyridine rings is 1. The van der Waals surface area contributed by atoms with Gasteiger partial charge in [-0.05, 0) is 13.0 Å². The first-order chi connectivity index (χ1) is 7.63. The highest BCUT2D eigenvalue weighted by Crippen LogP contribution is 2.11. The molecule has 0 fully saturated rings. The standard InChI is InChI=1S/C10H16N4O2/c1-2-12-9-5-7(3-4-13-9)14-6-8(15)10(11)16/h3-5,8,15H,2,6H2,1H3,(H2,11,16)(H2,12,13,14). The number of hydrogen-bond acceptors (Lipinski definition) is 5. The van der Waals surface area contributed by atoms with Crippen LogP contribution in [0.25, 0.3) is 0 Å². The van der Waals surface area contributed by atoms with E-state index in [-0.39, 0.29) is 6.54 Å². The molecular weight excluding hydrogens is 208 g/mol. The maximum atomic E-state index is 10.6. The van der Waals surface area contributed by atoms with E-state index in [0.29, 0.717) is 0 Å². The summed E-state index contributed by atoms with van der Waals surface area (Å²) in [6, 6.07) is 3.53. The van der Waals surface area contributed by atoms with Crippen molar-refractivity contribution < 1.29 is 9.90 Å². The molecule has 1 aromatic rings. The van der Waals surface area contributed by atoms with Gasteiger partial charge >= 0.3 is 0 Å². The highest BCUT2D eigenvalue weighted by atomic mass is 16.3. The molecule has 1 atom stereocenters. The molecule has 0 saturated carbocycles. The third kappa shape index (κ3) is 3.74. The summed E-state index contributed by atoms with van der Waals surface area (Å²) in [7, 11) is 0. The highest BCUT2D eigenvalue weighted by molar-refractivity contribution is 5.79. The molecule has 16 heavy (non-hydrogen) atoms. The summed E-state index contributed by atoms with van der Waals surface area (Å²) >= 11 is 0. The number of anilines is 2. The van der Waals surface area contributed by atoms with Gasteiger partial charge in [-0.1, -0.05) is 0 Å². The molecule has 6 nitrogen and oxygen atoms in total. The number of hydrogen-bond donors (Lipinski definition) is 4. The molecule has 5 N–H and O–H groups in total. The topological polar surface area (TPSA) is 100 Å². The molecule has 0 aromatic carbocycles. The monoisotopic (exact) mass is 224 g/mol. The molecule has 0 bridgehead atoms. The van der Waals surface area contributed by atoms with Gasteiger partial charge in [0.2, 0.25) is 5.91 Å². The van der Waals surface area contributed by atoms with Crippen molar-refractivity contribution >= 4 is 17.4 Å². The fourth-order valence-corrected chi connectivity index (χ4v) is 1.13. The summed E-state index contributed by atoms with van der Waals surface area (Å²) in [5.41, 5.74) is 5.69. The van der Waals surface area contributed by atoms with Crippen molar-refractivity contribution in [1.82, 2.24) is 4.98 Å². The van der Waals surface area contributed by atoms with Crippen LogP contribution in [0.3, 0.4) is 0 Å².